The van der Waals surface area contributed by atoms with Gasteiger partial charge in [0.25, 0.3) is 0 Å². The molecule has 0 atom stereocenters. The van der Waals surface area contributed by atoms with Gasteiger partial charge in [0, 0.05) is 25.5 Å². The van der Waals surface area contributed by atoms with E-state index in [0.717, 1.165) is 35.2 Å². The summed E-state index contributed by atoms with van der Waals surface area (Å²) in [7, 11) is -3.24. The zero-order valence-electron chi connectivity index (χ0n) is 16.9. The molecule has 0 saturated carbocycles. The molecular formula is C21H26N2O5S. The predicted molar refractivity (Wildman–Crippen MR) is 109 cm³/mol. The molecule has 8 heteroatoms. The Kier molecular flexibility index (Phi) is 6.12. The van der Waals surface area contributed by atoms with Crippen molar-refractivity contribution in [3.8, 4) is 5.75 Å². The topological polar surface area (TPSA) is 96.8 Å². The number of likely N-dealkylation sites (tertiary alicyclic amines) is 1. The lowest BCUT2D eigenvalue weighted by molar-refractivity contribution is 0.132. The lowest BCUT2D eigenvalue weighted by Gasteiger charge is -2.30. The zero-order chi connectivity index (χ0) is 21.2. The number of hydrogen-bond donors (Lipinski definition) is 1. The van der Waals surface area contributed by atoms with E-state index in [2.05, 4.69) is 11.1 Å². The highest BCUT2D eigenvalue weighted by Gasteiger charge is 2.24. The fourth-order valence-electron chi connectivity index (χ4n) is 3.56. The van der Waals surface area contributed by atoms with Crippen molar-refractivity contribution in [3.05, 3.63) is 52.8 Å². The van der Waals surface area contributed by atoms with Crippen molar-refractivity contribution in [3.63, 3.8) is 0 Å². The SMILES string of the molecule is Cc1cc(S(C)(=O)=O)ccc1OCc1ncc(C2CCN(C(=O)O)CC2)cc1C. The maximum Gasteiger partial charge on any atom is 0.407 e. The number of nitrogens with zero attached hydrogens (tertiary/aromatic N) is 2. The molecule has 1 aliphatic heterocycles. The Morgan fingerprint density at radius 2 is 1.90 bits per heavy atom. The lowest BCUT2D eigenvalue weighted by Crippen LogP contribution is -2.36. The molecule has 1 fully saturated rings. The molecule has 0 spiro atoms. The van der Waals surface area contributed by atoms with E-state index in [-0.39, 0.29) is 4.90 Å². The summed E-state index contributed by atoms with van der Waals surface area (Å²) >= 11 is 0. The van der Waals surface area contributed by atoms with Crippen LogP contribution in [-0.2, 0) is 16.4 Å². The molecule has 7 nitrogen and oxygen atoms in total. The van der Waals surface area contributed by atoms with E-state index in [4.69, 9.17) is 9.84 Å². The Hall–Kier alpha value is -2.61. The quantitative estimate of drug-likeness (QED) is 0.798. The van der Waals surface area contributed by atoms with Gasteiger partial charge in [0.15, 0.2) is 9.84 Å². The third kappa shape index (κ3) is 5.06. The Labute approximate surface area is 171 Å². The predicted octanol–water partition coefficient (Wildman–Crippen LogP) is 3.54. The average molecular weight is 419 g/mol. The van der Waals surface area contributed by atoms with Crippen LogP contribution in [0.2, 0.25) is 0 Å². The van der Waals surface area contributed by atoms with Gasteiger partial charge in [0.1, 0.15) is 12.4 Å². The zero-order valence-corrected chi connectivity index (χ0v) is 17.7. The number of ether oxygens (including phenoxy) is 1. The van der Waals surface area contributed by atoms with Crippen LogP contribution in [0.15, 0.2) is 35.4 Å². The first kappa shape index (κ1) is 21.1. The van der Waals surface area contributed by atoms with Crippen LogP contribution in [0.25, 0.3) is 0 Å². The molecule has 1 N–H and O–H groups in total. The Morgan fingerprint density at radius 3 is 2.45 bits per heavy atom. The third-order valence-electron chi connectivity index (χ3n) is 5.38. The van der Waals surface area contributed by atoms with Gasteiger partial charge in [-0.2, -0.15) is 0 Å². The van der Waals surface area contributed by atoms with Crippen LogP contribution in [0.5, 0.6) is 5.75 Å². The van der Waals surface area contributed by atoms with Gasteiger partial charge in [-0.05, 0) is 67.5 Å². The first-order chi connectivity index (χ1) is 13.6. The van der Waals surface area contributed by atoms with E-state index < -0.39 is 15.9 Å². The maximum absolute atomic E-state index is 11.7. The highest BCUT2D eigenvalue weighted by Crippen LogP contribution is 2.29. The van der Waals surface area contributed by atoms with Crippen LogP contribution in [0.1, 0.15) is 41.1 Å². The van der Waals surface area contributed by atoms with E-state index in [0.29, 0.717) is 31.4 Å². The van der Waals surface area contributed by atoms with Crippen molar-refractivity contribution in [2.24, 2.45) is 0 Å². The number of hydrogen-bond acceptors (Lipinski definition) is 5. The van der Waals surface area contributed by atoms with Crippen LogP contribution < -0.4 is 4.74 Å². The Balaban J connectivity index is 1.65. The standard InChI is InChI=1S/C21H26N2O5S/c1-14-10-17(16-6-8-23(9-7-16)21(24)25)12-22-19(14)13-28-20-5-4-18(11-15(20)2)29(3,26)27/h4-5,10-12,16H,6-9,13H2,1-3H3,(H,24,25). The first-order valence-corrected chi connectivity index (χ1v) is 11.4. The summed E-state index contributed by atoms with van der Waals surface area (Å²) in [5.74, 6) is 0.946. The molecule has 1 aliphatic rings. The van der Waals surface area contributed by atoms with Crippen LogP contribution in [0, 0.1) is 13.8 Å². The molecule has 0 radical (unpaired) electrons. The molecule has 0 aliphatic carbocycles. The second-order valence-corrected chi connectivity index (χ2v) is 9.58. The van der Waals surface area contributed by atoms with Crippen LogP contribution >= 0.6 is 0 Å². The van der Waals surface area contributed by atoms with Crippen LogP contribution in [-0.4, -0.2) is 48.8 Å². The minimum atomic E-state index is -3.24. The van der Waals surface area contributed by atoms with E-state index >= 15 is 0 Å². The number of sulfone groups is 1. The number of benzene rings is 1. The van der Waals surface area contributed by atoms with Gasteiger partial charge in [-0.15, -0.1) is 0 Å². The van der Waals surface area contributed by atoms with Gasteiger partial charge >= 0.3 is 6.09 Å². The maximum atomic E-state index is 11.7. The van der Waals surface area contributed by atoms with E-state index in [9.17, 15) is 13.2 Å². The fraction of sp³-hybridized carbons (Fsp3) is 0.429. The number of aryl methyl sites for hydroxylation is 2. The molecule has 156 valence electrons. The van der Waals surface area contributed by atoms with Gasteiger partial charge in [-0.25, -0.2) is 13.2 Å². The second-order valence-electron chi connectivity index (χ2n) is 7.56. The van der Waals surface area contributed by atoms with Crippen molar-refractivity contribution in [1.29, 1.82) is 0 Å². The van der Waals surface area contributed by atoms with Gasteiger partial charge in [-0.3, -0.25) is 4.98 Å². The molecule has 2 heterocycles. The summed E-state index contributed by atoms with van der Waals surface area (Å²) < 4.78 is 29.2. The van der Waals surface area contributed by atoms with Crippen LogP contribution in [0.3, 0.4) is 0 Å². The Morgan fingerprint density at radius 1 is 1.21 bits per heavy atom. The van der Waals surface area contributed by atoms with E-state index in [1.165, 1.54) is 11.2 Å². The molecule has 1 aromatic heterocycles. The number of pyridine rings is 1. The molecule has 2 aromatic rings. The average Bonchev–Trinajstić information content (AvgIpc) is 2.67. The molecule has 1 saturated heterocycles. The summed E-state index contributed by atoms with van der Waals surface area (Å²) in [4.78, 5) is 17.3. The summed E-state index contributed by atoms with van der Waals surface area (Å²) in [5, 5.41) is 9.07. The number of piperidine rings is 1. The normalized spacial score (nSPS) is 15.3. The van der Waals surface area contributed by atoms with Gasteiger partial charge in [0.2, 0.25) is 0 Å². The minimum Gasteiger partial charge on any atom is -0.487 e. The van der Waals surface area contributed by atoms with Gasteiger partial charge in [0.05, 0.1) is 10.6 Å². The molecule has 3 rings (SSSR count). The van der Waals surface area contributed by atoms with Crippen molar-refractivity contribution >= 4 is 15.9 Å². The number of aromatic nitrogens is 1. The fourth-order valence-corrected chi connectivity index (χ4v) is 4.27. The molecule has 29 heavy (non-hydrogen) atoms. The van der Waals surface area contributed by atoms with Gasteiger partial charge < -0.3 is 14.7 Å². The molecule has 1 aromatic carbocycles. The highest BCUT2D eigenvalue weighted by molar-refractivity contribution is 7.90. The van der Waals surface area contributed by atoms with Crippen molar-refractivity contribution in [2.45, 2.75) is 44.1 Å². The highest BCUT2D eigenvalue weighted by atomic mass is 32.2. The van der Waals surface area contributed by atoms with Crippen molar-refractivity contribution in [2.75, 3.05) is 19.3 Å². The summed E-state index contributed by atoms with van der Waals surface area (Å²) in [6.45, 7) is 5.19. The summed E-state index contributed by atoms with van der Waals surface area (Å²) in [6, 6.07) is 6.93. The third-order valence-corrected chi connectivity index (χ3v) is 6.49. The second kappa shape index (κ2) is 8.41. The smallest absolute Gasteiger partial charge is 0.407 e. The Bertz CT molecular complexity index is 1010. The van der Waals surface area contributed by atoms with Crippen molar-refractivity contribution in [1.82, 2.24) is 9.88 Å². The van der Waals surface area contributed by atoms with Crippen molar-refractivity contribution < 1.29 is 23.1 Å². The molecule has 1 amide bonds. The van der Waals surface area contributed by atoms with E-state index in [1.807, 2.05) is 20.0 Å². The lowest BCUT2D eigenvalue weighted by atomic mass is 9.90. The van der Waals surface area contributed by atoms with E-state index in [1.54, 1.807) is 18.2 Å². The number of rotatable bonds is 5. The number of amides is 1. The molecule has 0 bridgehead atoms. The van der Waals surface area contributed by atoms with Gasteiger partial charge in [-0.1, -0.05) is 6.07 Å². The monoisotopic (exact) mass is 418 g/mol. The van der Waals surface area contributed by atoms with Crippen LogP contribution in [0.4, 0.5) is 4.79 Å². The minimum absolute atomic E-state index is 0.273. The first-order valence-electron chi connectivity index (χ1n) is 9.52. The number of carboxylic acid groups (broad SMARTS) is 1. The molecular weight excluding hydrogens is 392 g/mol. The summed E-state index contributed by atoms with van der Waals surface area (Å²) in [5.41, 5.74) is 3.73. The molecule has 0 unspecified atom stereocenters. The summed E-state index contributed by atoms with van der Waals surface area (Å²) in [6.07, 6.45) is 3.78. The number of carbonyl (C=O) groups is 1. The largest absolute Gasteiger partial charge is 0.487 e.